The largest absolute Gasteiger partial charge is 0.465 e. The molecule has 1 fully saturated rings. The number of nitrogens with two attached hydrogens (primary N) is 1. The fraction of sp³-hybridized carbons (Fsp3) is 0.114. The van der Waals surface area contributed by atoms with Crippen LogP contribution in [0.25, 0.3) is 39.5 Å². The van der Waals surface area contributed by atoms with Crippen molar-refractivity contribution in [1.29, 1.82) is 0 Å². The first kappa shape index (κ1) is 27.9. The van der Waals surface area contributed by atoms with Gasteiger partial charge in [0.25, 0.3) is 5.91 Å². The van der Waals surface area contributed by atoms with E-state index in [1.165, 1.54) is 19.2 Å². The number of imidazole rings is 1. The normalized spacial score (nSPS) is 13.1. The summed E-state index contributed by atoms with van der Waals surface area (Å²) in [5, 5.41) is 0. The molecule has 0 atom stereocenters. The highest BCUT2D eigenvalue weighted by Crippen LogP contribution is 2.34. The number of anilines is 1. The van der Waals surface area contributed by atoms with Crippen molar-refractivity contribution >= 4 is 28.9 Å². The summed E-state index contributed by atoms with van der Waals surface area (Å²) in [5.74, 6) is -0.743. The van der Waals surface area contributed by atoms with Gasteiger partial charge in [-0.25, -0.2) is 24.1 Å². The zero-order chi connectivity index (χ0) is 31.1. The van der Waals surface area contributed by atoms with E-state index in [1.807, 2.05) is 83.4 Å². The number of methoxy groups -OCH3 is 1. The summed E-state index contributed by atoms with van der Waals surface area (Å²) in [7, 11) is 1.22. The van der Waals surface area contributed by atoms with Crippen molar-refractivity contribution < 1.29 is 18.7 Å². The van der Waals surface area contributed by atoms with E-state index in [4.69, 9.17) is 15.7 Å². The van der Waals surface area contributed by atoms with Crippen molar-refractivity contribution in [2.24, 2.45) is 0 Å². The van der Waals surface area contributed by atoms with E-state index in [0.29, 0.717) is 35.9 Å². The molecule has 6 aromatic rings. The summed E-state index contributed by atoms with van der Waals surface area (Å²) in [6.07, 6.45) is 1.64. The summed E-state index contributed by atoms with van der Waals surface area (Å²) in [5.41, 5.74) is 12.1. The van der Waals surface area contributed by atoms with Crippen LogP contribution in [0.15, 0.2) is 103 Å². The minimum Gasteiger partial charge on any atom is -0.465 e. The Bertz CT molecular complexity index is 2070. The third-order valence-electron chi connectivity index (χ3n) is 8.07. The molecular formula is C35H27FN6O3. The van der Waals surface area contributed by atoms with Crippen LogP contribution in [-0.2, 0) is 4.74 Å². The molecule has 0 unspecified atom stereocenters. The van der Waals surface area contributed by atoms with Crippen molar-refractivity contribution in [1.82, 2.24) is 24.4 Å². The molecule has 4 heterocycles. The van der Waals surface area contributed by atoms with Crippen molar-refractivity contribution in [3.05, 3.63) is 126 Å². The molecule has 9 nitrogen and oxygen atoms in total. The monoisotopic (exact) mass is 598 g/mol. The van der Waals surface area contributed by atoms with Crippen LogP contribution in [0.5, 0.6) is 0 Å². The molecule has 0 spiro atoms. The number of nitrogen functional groups attached to an aromatic ring is 1. The Hall–Kier alpha value is -5.90. The van der Waals surface area contributed by atoms with E-state index < -0.39 is 17.7 Å². The van der Waals surface area contributed by atoms with E-state index in [0.717, 1.165) is 34.1 Å². The Morgan fingerprint density at radius 3 is 2.40 bits per heavy atom. The van der Waals surface area contributed by atoms with Crippen LogP contribution >= 0.6 is 0 Å². The number of aromatic nitrogens is 4. The standard InChI is InChI=1S/C35H27FN6O3/c1-45-35(44)23-11-14-26(28(36)18-23)34(43)41-19-24(20-41)21-9-12-25(13-10-21)42-32(27-8-5-17-38-31(27)37)40-30-16-15-29(39-33(30)42)22-6-3-2-4-7-22/h2-18,24H,19-20H2,1H3,(H2,37,38). The zero-order valence-corrected chi connectivity index (χ0v) is 24.2. The van der Waals surface area contributed by atoms with Gasteiger partial charge in [-0.3, -0.25) is 9.36 Å². The van der Waals surface area contributed by atoms with Crippen LogP contribution in [0.4, 0.5) is 10.2 Å². The average molecular weight is 599 g/mol. The van der Waals surface area contributed by atoms with Crippen LogP contribution < -0.4 is 5.73 Å². The maximum absolute atomic E-state index is 14.7. The number of carbonyl (C=O) groups is 2. The van der Waals surface area contributed by atoms with Gasteiger partial charge < -0.3 is 15.4 Å². The van der Waals surface area contributed by atoms with Gasteiger partial charge in [0.1, 0.15) is 17.2 Å². The SMILES string of the molecule is COC(=O)c1ccc(C(=O)N2CC(c3ccc(-n4c(-c5cccnc5N)nc5ccc(-c6ccccc6)nc54)cc3)C2)c(F)c1. The maximum Gasteiger partial charge on any atom is 0.337 e. The number of benzene rings is 3. The van der Waals surface area contributed by atoms with Gasteiger partial charge in [-0.1, -0.05) is 42.5 Å². The van der Waals surface area contributed by atoms with E-state index >= 15 is 0 Å². The Morgan fingerprint density at radius 2 is 1.69 bits per heavy atom. The highest BCUT2D eigenvalue weighted by molar-refractivity contribution is 5.97. The fourth-order valence-corrected chi connectivity index (χ4v) is 5.61. The molecule has 0 aliphatic carbocycles. The van der Waals surface area contributed by atoms with Gasteiger partial charge in [0, 0.05) is 36.5 Å². The smallest absolute Gasteiger partial charge is 0.337 e. The first-order valence-electron chi connectivity index (χ1n) is 14.3. The second-order valence-electron chi connectivity index (χ2n) is 10.8. The Morgan fingerprint density at radius 1 is 0.911 bits per heavy atom. The zero-order valence-electron chi connectivity index (χ0n) is 24.2. The number of ether oxygens (including phenoxy) is 1. The fourth-order valence-electron chi connectivity index (χ4n) is 5.61. The quantitative estimate of drug-likeness (QED) is 0.238. The van der Waals surface area contributed by atoms with E-state index in [1.54, 1.807) is 11.1 Å². The van der Waals surface area contributed by atoms with Gasteiger partial charge in [-0.2, -0.15) is 0 Å². The molecule has 10 heteroatoms. The summed E-state index contributed by atoms with van der Waals surface area (Å²) in [6, 6.07) is 29.4. The number of amides is 1. The number of hydrogen-bond donors (Lipinski definition) is 1. The topological polar surface area (TPSA) is 116 Å². The lowest BCUT2D eigenvalue weighted by atomic mass is 9.90. The lowest BCUT2D eigenvalue weighted by Crippen LogP contribution is -2.48. The molecule has 45 heavy (non-hydrogen) atoms. The number of nitrogens with zero attached hydrogens (tertiary/aromatic N) is 5. The first-order chi connectivity index (χ1) is 21.9. The summed E-state index contributed by atoms with van der Waals surface area (Å²) < 4.78 is 21.3. The van der Waals surface area contributed by atoms with E-state index in [9.17, 15) is 14.0 Å². The first-order valence-corrected chi connectivity index (χ1v) is 14.3. The Kier molecular flexibility index (Phi) is 7.01. The van der Waals surface area contributed by atoms with E-state index in [-0.39, 0.29) is 17.0 Å². The lowest BCUT2D eigenvalue weighted by molar-refractivity contribution is 0.0584. The molecule has 7 rings (SSSR count). The average Bonchev–Trinajstić information content (AvgIpc) is 3.43. The van der Waals surface area contributed by atoms with Crippen molar-refractivity contribution in [2.75, 3.05) is 25.9 Å². The molecule has 3 aromatic heterocycles. The van der Waals surface area contributed by atoms with Gasteiger partial charge in [-0.15, -0.1) is 0 Å². The number of likely N-dealkylation sites (tertiary alicyclic amines) is 1. The lowest BCUT2D eigenvalue weighted by Gasteiger charge is -2.39. The van der Waals surface area contributed by atoms with E-state index in [2.05, 4.69) is 9.72 Å². The third kappa shape index (κ3) is 5.06. The molecule has 222 valence electrons. The molecule has 1 aliphatic heterocycles. The van der Waals surface area contributed by atoms with Crippen LogP contribution in [-0.4, -0.2) is 56.5 Å². The molecule has 0 saturated carbocycles. The highest BCUT2D eigenvalue weighted by Gasteiger charge is 2.33. The highest BCUT2D eigenvalue weighted by atomic mass is 19.1. The number of esters is 1. The van der Waals surface area contributed by atoms with Crippen LogP contribution in [0.1, 0.15) is 32.2 Å². The molecule has 0 bridgehead atoms. The molecule has 2 N–H and O–H groups in total. The molecule has 0 radical (unpaired) electrons. The number of hydrogen-bond acceptors (Lipinski definition) is 7. The molecule has 1 amide bonds. The predicted octanol–water partition coefficient (Wildman–Crippen LogP) is 5.90. The van der Waals surface area contributed by atoms with Crippen LogP contribution in [0.3, 0.4) is 0 Å². The van der Waals surface area contributed by atoms with Gasteiger partial charge in [-0.05, 0) is 60.2 Å². The van der Waals surface area contributed by atoms with Gasteiger partial charge in [0.2, 0.25) is 0 Å². The third-order valence-corrected chi connectivity index (χ3v) is 8.07. The maximum atomic E-state index is 14.7. The summed E-state index contributed by atoms with van der Waals surface area (Å²) >= 11 is 0. The summed E-state index contributed by atoms with van der Waals surface area (Å²) in [6.45, 7) is 0.897. The Balaban J connectivity index is 1.17. The number of halogens is 1. The Labute approximate surface area is 257 Å². The summed E-state index contributed by atoms with van der Waals surface area (Å²) in [4.78, 5) is 40.4. The number of pyridine rings is 2. The van der Waals surface area contributed by atoms with Crippen molar-refractivity contribution in [3.8, 4) is 28.3 Å². The van der Waals surface area contributed by atoms with Gasteiger partial charge in [0.05, 0.1) is 29.5 Å². The van der Waals surface area contributed by atoms with Crippen molar-refractivity contribution in [2.45, 2.75) is 5.92 Å². The molecule has 1 saturated heterocycles. The predicted molar refractivity (Wildman–Crippen MR) is 168 cm³/mol. The second kappa shape index (κ2) is 11.3. The van der Waals surface area contributed by atoms with Gasteiger partial charge in [0.15, 0.2) is 11.5 Å². The molecular weight excluding hydrogens is 571 g/mol. The van der Waals surface area contributed by atoms with Crippen molar-refractivity contribution in [3.63, 3.8) is 0 Å². The van der Waals surface area contributed by atoms with Crippen LogP contribution in [0, 0.1) is 5.82 Å². The number of fused-ring (bicyclic) bond motifs is 1. The van der Waals surface area contributed by atoms with Crippen LogP contribution in [0.2, 0.25) is 0 Å². The number of rotatable bonds is 6. The molecule has 1 aliphatic rings. The second-order valence-corrected chi connectivity index (χ2v) is 10.8. The van der Waals surface area contributed by atoms with Gasteiger partial charge >= 0.3 is 5.97 Å². The number of carbonyl (C=O) groups excluding carboxylic acids is 2. The molecule has 3 aromatic carbocycles. The minimum absolute atomic E-state index is 0.0552. The minimum atomic E-state index is -0.752.